The van der Waals surface area contributed by atoms with E-state index in [4.69, 9.17) is 0 Å². The van der Waals surface area contributed by atoms with Crippen LogP contribution in [0.5, 0.6) is 0 Å². The molecule has 0 aliphatic heterocycles. The van der Waals surface area contributed by atoms with Gasteiger partial charge in [0.2, 0.25) is 5.91 Å². The highest BCUT2D eigenvalue weighted by Gasteiger charge is 1.98. The van der Waals surface area contributed by atoms with Crippen molar-refractivity contribution in [3.05, 3.63) is 0 Å². The maximum atomic E-state index is 11.3. The number of nitrogens with one attached hydrogen (secondary N) is 2. The van der Waals surface area contributed by atoms with Crippen molar-refractivity contribution in [1.82, 2.24) is 10.6 Å². The summed E-state index contributed by atoms with van der Waals surface area (Å²) >= 11 is 0. The van der Waals surface area contributed by atoms with Crippen LogP contribution in [0.2, 0.25) is 0 Å². The molecule has 0 aromatic rings. The van der Waals surface area contributed by atoms with Gasteiger partial charge in [0.15, 0.2) is 0 Å². The Morgan fingerprint density at radius 2 is 1.56 bits per heavy atom. The lowest BCUT2D eigenvalue weighted by Gasteiger charge is -2.06. The van der Waals surface area contributed by atoms with Crippen LogP contribution >= 0.6 is 0 Å². The molecule has 96 valence electrons. The third-order valence-electron chi connectivity index (χ3n) is 2.60. The normalized spacial score (nSPS) is 10.4. The SMILES string of the molecule is CCCCCCCNC(=O)CNCCCC. The van der Waals surface area contributed by atoms with E-state index in [9.17, 15) is 4.79 Å². The van der Waals surface area contributed by atoms with Gasteiger partial charge in [-0.15, -0.1) is 0 Å². The first-order valence-corrected chi connectivity index (χ1v) is 6.78. The summed E-state index contributed by atoms with van der Waals surface area (Å²) in [5.74, 6) is 0.131. The van der Waals surface area contributed by atoms with E-state index >= 15 is 0 Å². The molecule has 0 spiro atoms. The largest absolute Gasteiger partial charge is 0.355 e. The Kier molecular flexibility index (Phi) is 12.1. The molecule has 2 N–H and O–H groups in total. The third-order valence-corrected chi connectivity index (χ3v) is 2.60. The predicted molar refractivity (Wildman–Crippen MR) is 69.5 cm³/mol. The van der Waals surface area contributed by atoms with Crippen LogP contribution in [0.4, 0.5) is 0 Å². The second kappa shape index (κ2) is 12.5. The van der Waals surface area contributed by atoms with Crippen LogP contribution in [0.1, 0.15) is 58.8 Å². The summed E-state index contributed by atoms with van der Waals surface area (Å²) in [6, 6.07) is 0. The van der Waals surface area contributed by atoms with E-state index in [1.54, 1.807) is 0 Å². The number of unbranched alkanes of at least 4 members (excludes halogenated alkanes) is 5. The minimum atomic E-state index is 0.131. The first-order chi connectivity index (χ1) is 7.81. The lowest BCUT2D eigenvalue weighted by molar-refractivity contribution is -0.120. The number of carbonyl (C=O) groups is 1. The molecule has 0 aliphatic rings. The average Bonchev–Trinajstić information content (AvgIpc) is 2.29. The molecule has 16 heavy (non-hydrogen) atoms. The van der Waals surface area contributed by atoms with Crippen molar-refractivity contribution in [2.45, 2.75) is 58.8 Å². The number of hydrogen-bond donors (Lipinski definition) is 2. The average molecular weight is 228 g/mol. The minimum Gasteiger partial charge on any atom is -0.355 e. The zero-order valence-electron chi connectivity index (χ0n) is 11.0. The zero-order chi connectivity index (χ0) is 12.1. The van der Waals surface area contributed by atoms with Gasteiger partial charge in [0, 0.05) is 6.54 Å². The number of amides is 1. The first kappa shape index (κ1) is 15.4. The summed E-state index contributed by atoms with van der Waals surface area (Å²) in [6.45, 7) is 6.61. The van der Waals surface area contributed by atoms with E-state index in [-0.39, 0.29) is 5.91 Å². The Balaban J connectivity index is 3.11. The van der Waals surface area contributed by atoms with Crippen molar-refractivity contribution in [3.63, 3.8) is 0 Å². The Hall–Kier alpha value is -0.570. The van der Waals surface area contributed by atoms with Crippen molar-refractivity contribution in [1.29, 1.82) is 0 Å². The topological polar surface area (TPSA) is 41.1 Å². The maximum Gasteiger partial charge on any atom is 0.233 e. The third kappa shape index (κ3) is 11.5. The standard InChI is InChI=1S/C13H28N2O/c1-3-5-7-8-9-11-15-13(16)12-14-10-6-4-2/h14H,3-12H2,1-2H3,(H,15,16). The quantitative estimate of drug-likeness (QED) is 0.533. The summed E-state index contributed by atoms with van der Waals surface area (Å²) < 4.78 is 0. The van der Waals surface area contributed by atoms with Gasteiger partial charge in [-0.1, -0.05) is 46.0 Å². The number of hydrogen-bond acceptors (Lipinski definition) is 2. The molecule has 0 heterocycles. The van der Waals surface area contributed by atoms with Crippen molar-refractivity contribution in [2.24, 2.45) is 0 Å². The van der Waals surface area contributed by atoms with E-state index in [0.717, 1.165) is 25.9 Å². The fourth-order valence-electron chi connectivity index (χ4n) is 1.52. The zero-order valence-corrected chi connectivity index (χ0v) is 11.0. The van der Waals surface area contributed by atoms with Crippen LogP contribution in [0.25, 0.3) is 0 Å². The summed E-state index contributed by atoms with van der Waals surface area (Å²) in [6.07, 6.45) is 8.54. The van der Waals surface area contributed by atoms with E-state index in [1.165, 1.54) is 32.1 Å². The molecule has 0 aromatic heterocycles. The minimum absolute atomic E-state index is 0.131. The molecule has 0 saturated heterocycles. The molecular weight excluding hydrogens is 200 g/mol. The van der Waals surface area contributed by atoms with Gasteiger partial charge in [0.25, 0.3) is 0 Å². The maximum absolute atomic E-state index is 11.3. The van der Waals surface area contributed by atoms with Gasteiger partial charge >= 0.3 is 0 Å². The van der Waals surface area contributed by atoms with Gasteiger partial charge in [-0.05, 0) is 19.4 Å². The fraction of sp³-hybridized carbons (Fsp3) is 0.923. The van der Waals surface area contributed by atoms with E-state index in [2.05, 4.69) is 24.5 Å². The van der Waals surface area contributed by atoms with E-state index in [1.807, 2.05) is 0 Å². The first-order valence-electron chi connectivity index (χ1n) is 6.78. The van der Waals surface area contributed by atoms with Gasteiger partial charge < -0.3 is 10.6 Å². The molecule has 0 atom stereocenters. The molecule has 0 unspecified atom stereocenters. The highest BCUT2D eigenvalue weighted by atomic mass is 16.1. The van der Waals surface area contributed by atoms with E-state index in [0.29, 0.717) is 6.54 Å². The van der Waals surface area contributed by atoms with Crippen molar-refractivity contribution in [2.75, 3.05) is 19.6 Å². The fourth-order valence-corrected chi connectivity index (χ4v) is 1.52. The van der Waals surface area contributed by atoms with Crippen LogP contribution in [-0.2, 0) is 4.79 Å². The lowest BCUT2D eigenvalue weighted by atomic mass is 10.1. The molecule has 3 heteroatoms. The molecule has 1 amide bonds. The van der Waals surface area contributed by atoms with Crippen molar-refractivity contribution >= 4 is 5.91 Å². The second-order valence-electron chi connectivity index (χ2n) is 4.29. The van der Waals surface area contributed by atoms with Crippen LogP contribution in [0, 0.1) is 0 Å². The molecule has 0 saturated carbocycles. The molecule has 0 radical (unpaired) electrons. The van der Waals surface area contributed by atoms with Crippen LogP contribution in [0.3, 0.4) is 0 Å². The summed E-state index contributed by atoms with van der Waals surface area (Å²) in [4.78, 5) is 11.3. The summed E-state index contributed by atoms with van der Waals surface area (Å²) in [5.41, 5.74) is 0. The van der Waals surface area contributed by atoms with Gasteiger partial charge in [-0.2, -0.15) is 0 Å². The monoisotopic (exact) mass is 228 g/mol. The Labute approximate surface area is 100 Å². The van der Waals surface area contributed by atoms with Crippen LogP contribution in [0.15, 0.2) is 0 Å². The van der Waals surface area contributed by atoms with Gasteiger partial charge in [-0.3, -0.25) is 4.79 Å². The highest BCUT2D eigenvalue weighted by molar-refractivity contribution is 5.77. The molecule has 0 aromatic carbocycles. The molecule has 0 rings (SSSR count). The van der Waals surface area contributed by atoms with Gasteiger partial charge in [0.1, 0.15) is 0 Å². The van der Waals surface area contributed by atoms with Gasteiger partial charge in [0.05, 0.1) is 6.54 Å². The summed E-state index contributed by atoms with van der Waals surface area (Å²) in [7, 11) is 0. The molecule has 0 aliphatic carbocycles. The molecule has 0 fully saturated rings. The Morgan fingerprint density at radius 1 is 0.875 bits per heavy atom. The number of rotatable bonds is 11. The molecular formula is C13H28N2O. The van der Waals surface area contributed by atoms with Crippen LogP contribution in [-0.4, -0.2) is 25.5 Å². The van der Waals surface area contributed by atoms with Gasteiger partial charge in [-0.25, -0.2) is 0 Å². The molecule has 3 nitrogen and oxygen atoms in total. The summed E-state index contributed by atoms with van der Waals surface area (Å²) in [5, 5.41) is 6.07. The predicted octanol–water partition coefficient (Wildman–Crippen LogP) is 2.46. The second-order valence-corrected chi connectivity index (χ2v) is 4.29. The van der Waals surface area contributed by atoms with Crippen molar-refractivity contribution in [3.8, 4) is 0 Å². The lowest BCUT2D eigenvalue weighted by Crippen LogP contribution is -2.34. The number of carbonyl (C=O) groups excluding carboxylic acids is 1. The Morgan fingerprint density at radius 3 is 2.25 bits per heavy atom. The van der Waals surface area contributed by atoms with E-state index < -0.39 is 0 Å². The highest BCUT2D eigenvalue weighted by Crippen LogP contribution is 2.00. The van der Waals surface area contributed by atoms with Crippen LogP contribution < -0.4 is 10.6 Å². The molecule has 0 bridgehead atoms. The Bertz CT molecular complexity index is 160. The smallest absolute Gasteiger partial charge is 0.233 e. The van der Waals surface area contributed by atoms with Crippen molar-refractivity contribution < 1.29 is 4.79 Å².